The van der Waals surface area contributed by atoms with Crippen LogP contribution in [0, 0.1) is 11.8 Å². The molecule has 0 amide bonds. The Hall–Kier alpha value is -0.0400. The molecular formula is C18H37N. The third kappa shape index (κ3) is 7.34. The average Bonchev–Trinajstić information content (AvgIpc) is 2.37. The second-order valence-corrected chi connectivity index (χ2v) is 6.71. The summed E-state index contributed by atoms with van der Waals surface area (Å²) in [5.41, 5.74) is 0. The van der Waals surface area contributed by atoms with Gasteiger partial charge in [0.25, 0.3) is 0 Å². The van der Waals surface area contributed by atoms with Gasteiger partial charge in [-0.2, -0.15) is 0 Å². The van der Waals surface area contributed by atoms with Gasteiger partial charge in [-0.1, -0.05) is 71.6 Å². The van der Waals surface area contributed by atoms with Crippen molar-refractivity contribution in [2.24, 2.45) is 11.8 Å². The Morgan fingerprint density at radius 2 is 1.63 bits per heavy atom. The van der Waals surface area contributed by atoms with E-state index < -0.39 is 0 Å². The van der Waals surface area contributed by atoms with E-state index >= 15 is 0 Å². The minimum Gasteiger partial charge on any atom is -0.314 e. The van der Waals surface area contributed by atoms with Crippen LogP contribution in [0.25, 0.3) is 0 Å². The normalized spacial score (nSPS) is 21.6. The van der Waals surface area contributed by atoms with Crippen LogP contribution in [-0.4, -0.2) is 12.6 Å². The number of rotatable bonds is 8. The maximum absolute atomic E-state index is 3.75. The molecular weight excluding hydrogens is 230 g/mol. The monoisotopic (exact) mass is 267 g/mol. The number of hydrogen-bond acceptors (Lipinski definition) is 1. The van der Waals surface area contributed by atoms with Crippen LogP contribution in [0.1, 0.15) is 91.4 Å². The zero-order valence-corrected chi connectivity index (χ0v) is 13.7. The van der Waals surface area contributed by atoms with Gasteiger partial charge in [0.2, 0.25) is 0 Å². The van der Waals surface area contributed by atoms with Crippen molar-refractivity contribution in [1.29, 1.82) is 0 Å². The Bertz CT molecular complexity index is 194. The van der Waals surface area contributed by atoms with Crippen LogP contribution < -0.4 is 5.32 Å². The standard InChI is InChI=1S/C18H37N/c1-4-6-14-19-16(3)18(5-2)15-17-12-10-8-7-9-11-13-17/h16-19H,4-15H2,1-3H3. The lowest BCUT2D eigenvalue weighted by atomic mass is 9.81. The lowest BCUT2D eigenvalue weighted by molar-refractivity contribution is 0.256. The fourth-order valence-electron chi connectivity index (χ4n) is 3.60. The van der Waals surface area contributed by atoms with Gasteiger partial charge in [-0.15, -0.1) is 0 Å². The zero-order valence-electron chi connectivity index (χ0n) is 13.7. The molecule has 19 heavy (non-hydrogen) atoms. The second-order valence-electron chi connectivity index (χ2n) is 6.71. The molecule has 1 saturated carbocycles. The molecule has 114 valence electrons. The van der Waals surface area contributed by atoms with Crippen molar-refractivity contribution >= 4 is 0 Å². The van der Waals surface area contributed by atoms with E-state index in [1.807, 2.05) is 0 Å². The molecule has 2 unspecified atom stereocenters. The fourth-order valence-corrected chi connectivity index (χ4v) is 3.60. The van der Waals surface area contributed by atoms with Crippen molar-refractivity contribution in [3.05, 3.63) is 0 Å². The molecule has 0 saturated heterocycles. The highest BCUT2D eigenvalue weighted by Crippen LogP contribution is 2.29. The van der Waals surface area contributed by atoms with Crippen molar-refractivity contribution in [2.45, 2.75) is 97.4 Å². The van der Waals surface area contributed by atoms with E-state index in [0.29, 0.717) is 6.04 Å². The number of unbranched alkanes of at least 4 members (excludes halogenated alkanes) is 1. The van der Waals surface area contributed by atoms with E-state index in [2.05, 4.69) is 26.1 Å². The predicted molar refractivity (Wildman–Crippen MR) is 86.6 cm³/mol. The summed E-state index contributed by atoms with van der Waals surface area (Å²) in [5, 5.41) is 3.75. The maximum Gasteiger partial charge on any atom is 0.00669 e. The molecule has 1 aliphatic rings. The quantitative estimate of drug-likeness (QED) is 0.569. The molecule has 0 heterocycles. The summed E-state index contributed by atoms with van der Waals surface area (Å²) < 4.78 is 0. The van der Waals surface area contributed by atoms with Crippen LogP contribution in [0.2, 0.25) is 0 Å². The van der Waals surface area contributed by atoms with E-state index in [1.54, 1.807) is 0 Å². The Morgan fingerprint density at radius 1 is 1.00 bits per heavy atom. The first-order valence-electron chi connectivity index (χ1n) is 9.01. The highest BCUT2D eigenvalue weighted by Gasteiger charge is 2.20. The Morgan fingerprint density at radius 3 is 2.21 bits per heavy atom. The molecule has 0 aliphatic heterocycles. The zero-order chi connectivity index (χ0) is 13.9. The van der Waals surface area contributed by atoms with Gasteiger partial charge in [0.15, 0.2) is 0 Å². The van der Waals surface area contributed by atoms with E-state index in [4.69, 9.17) is 0 Å². The summed E-state index contributed by atoms with van der Waals surface area (Å²) in [7, 11) is 0. The van der Waals surface area contributed by atoms with E-state index in [0.717, 1.165) is 11.8 Å². The summed E-state index contributed by atoms with van der Waals surface area (Å²) >= 11 is 0. The van der Waals surface area contributed by atoms with Crippen molar-refractivity contribution < 1.29 is 0 Å². The van der Waals surface area contributed by atoms with Crippen LogP contribution in [0.3, 0.4) is 0 Å². The topological polar surface area (TPSA) is 12.0 Å². The third-order valence-corrected chi connectivity index (χ3v) is 5.09. The summed E-state index contributed by atoms with van der Waals surface area (Å²) in [6, 6.07) is 0.710. The van der Waals surface area contributed by atoms with Gasteiger partial charge in [0.05, 0.1) is 0 Å². The Labute approximate surface area is 121 Å². The van der Waals surface area contributed by atoms with Gasteiger partial charge in [-0.3, -0.25) is 0 Å². The molecule has 1 nitrogen and oxygen atoms in total. The smallest absolute Gasteiger partial charge is 0.00669 e. The lowest BCUT2D eigenvalue weighted by Gasteiger charge is -2.29. The maximum atomic E-state index is 3.75. The molecule has 1 aliphatic carbocycles. The van der Waals surface area contributed by atoms with Crippen molar-refractivity contribution in [3.8, 4) is 0 Å². The summed E-state index contributed by atoms with van der Waals surface area (Å²) in [4.78, 5) is 0. The molecule has 0 aromatic rings. The highest BCUT2D eigenvalue weighted by atomic mass is 14.9. The van der Waals surface area contributed by atoms with Gasteiger partial charge in [-0.25, -0.2) is 0 Å². The first-order valence-corrected chi connectivity index (χ1v) is 9.01. The van der Waals surface area contributed by atoms with Gasteiger partial charge in [0, 0.05) is 6.04 Å². The van der Waals surface area contributed by atoms with Gasteiger partial charge >= 0.3 is 0 Å². The van der Waals surface area contributed by atoms with E-state index in [1.165, 1.54) is 77.2 Å². The average molecular weight is 268 g/mol. The SMILES string of the molecule is CCCCNC(C)C(CC)CC1CCCCCCC1. The molecule has 1 rings (SSSR count). The highest BCUT2D eigenvalue weighted by molar-refractivity contribution is 4.75. The predicted octanol–water partition coefficient (Wildman–Crippen LogP) is 5.54. The molecule has 2 atom stereocenters. The minimum atomic E-state index is 0.710. The summed E-state index contributed by atoms with van der Waals surface area (Å²) in [5.74, 6) is 1.90. The summed E-state index contributed by atoms with van der Waals surface area (Å²) in [6.07, 6.45) is 15.9. The second kappa shape index (κ2) is 10.7. The van der Waals surface area contributed by atoms with Crippen molar-refractivity contribution in [3.63, 3.8) is 0 Å². The number of hydrogen-bond donors (Lipinski definition) is 1. The van der Waals surface area contributed by atoms with Crippen molar-refractivity contribution in [1.82, 2.24) is 5.32 Å². The molecule has 1 fully saturated rings. The van der Waals surface area contributed by atoms with Gasteiger partial charge in [-0.05, 0) is 38.1 Å². The van der Waals surface area contributed by atoms with Crippen LogP contribution in [0.15, 0.2) is 0 Å². The van der Waals surface area contributed by atoms with Crippen molar-refractivity contribution in [2.75, 3.05) is 6.54 Å². The lowest BCUT2D eigenvalue weighted by Crippen LogP contribution is -2.35. The largest absolute Gasteiger partial charge is 0.314 e. The minimum absolute atomic E-state index is 0.710. The van der Waals surface area contributed by atoms with Gasteiger partial charge in [0.1, 0.15) is 0 Å². The number of nitrogens with one attached hydrogen (secondary N) is 1. The Kier molecular flexibility index (Phi) is 9.59. The van der Waals surface area contributed by atoms with Crippen LogP contribution >= 0.6 is 0 Å². The molecule has 0 aromatic carbocycles. The first kappa shape index (κ1) is 17.0. The van der Waals surface area contributed by atoms with Crippen LogP contribution in [0.5, 0.6) is 0 Å². The first-order chi connectivity index (χ1) is 9.27. The Balaban J connectivity index is 2.31. The van der Waals surface area contributed by atoms with E-state index in [-0.39, 0.29) is 0 Å². The van der Waals surface area contributed by atoms with Gasteiger partial charge < -0.3 is 5.32 Å². The molecule has 0 spiro atoms. The molecule has 1 N–H and O–H groups in total. The molecule has 0 aromatic heterocycles. The van der Waals surface area contributed by atoms with Crippen LogP contribution in [-0.2, 0) is 0 Å². The van der Waals surface area contributed by atoms with Crippen LogP contribution in [0.4, 0.5) is 0 Å². The molecule has 0 radical (unpaired) electrons. The fraction of sp³-hybridized carbons (Fsp3) is 1.00. The molecule has 1 heteroatoms. The summed E-state index contributed by atoms with van der Waals surface area (Å²) in [6.45, 7) is 8.27. The molecule has 0 bridgehead atoms. The third-order valence-electron chi connectivity index (χ3n) is 5.09. The van der Waals surface area contributed by atoms with E-state index in [9.17, 15) is 0 Å².